The summed E-state index contributed by atoms with van der Waals surface area (Å²) < 4.78 is 18.8. The zero-order valence-electron chi connectivity index (χ0n) is 21.9. The first kappa shape index (κ1) is 28.2. The van der Waals surface area contributed by atoms with E-state index >= 15 is 0 Å². The Morgan fingerprint density at radius 2 is 1.84 bits per heavy atom. The minimum absolute atomic E-state index is 0.0188. The molecule has 1 aliphatic carbocycles. The van der Waals surface area contributed by atoms with Crippen molar-refractivity contribution in [2.45, 2.75) is 39.2 Å². The topological polar surface area (TPSA) is 97.8 Å². The van der Waals surface area contributed by atoms with Crippen LogP contribution < -0.4 is 15.2 Å². The van der Waals surface area contributed by atoms with E-state index in [0.29, 0.717) is 65.5 Å². The SMILES string of the molecule is COCCN1C(N)=C(C#N)[C@@H](c2cc(OC)c(OCc3ccc(Br)cc3)cc2Br)C2=C1CC(C)(C)CC2=O. The van der Waals surface area contributed by atoms with Crippen LogP contribution in [0.25, 0.3) is 0 Å². The summed E-state index contributed by atoms with van der Waals surface area (Å²) >= 11 is 7.14. The number of methoxy groups -OCH3 is 2. The lowest BCUT2D eigenvalue weighted by molar-refractivity contribution is -0.118. The molecule has 2 aromatic rings. The molecule has 200 valence electrons. The number of carbonyl (C=O) groups is 1. The van der Waals surface area contributed by atoms with Crippen LogP contribution in [0.15, 0.2) is 68.0 Å². The van der Waals surface area contributed by atoms with Crippen LogP contribution in [-0.2, 0) is 16.1 Å². The number of ether oxygens (including phenoxy) is 3. The summed E-state index contributed by atoms with van der Waals surface area (Å²) in [5, 5.41) is 10.3. The van der Waals surface area contributed by atoms with Gasteiger partial charge in [0.25, 0.3) is 0 Å². The number of halogens is 2. The Balaban J connectivity index is 1.80. The Bertz CT molecular complexity index is 1340. The van der Waals surface area contributed by atoms with Crippen LogP contribution in [-0.4, -0.2) is 38.1 Å². The van der Waals surface area contributed by atoms with Crippen LogP contribution in [0.2, 0.25) is 0 Å². The molecule has 2 aliphatic rings. The smallest absolute Gasteiger partial charge is 0.162 e. The second-order valence-electron chi connectivity index (χ2n) is 10.2. The van der Waals surface area contributed by atoms with E-state index in [-0.39, 0.29) is 11.2 Å². The number of rotatable bonds is 8. The molecule has 2 N–H and O–H groups in total. The van der Waals surface area contributed by atoms with E-state index in [1.807, 2.05) is 41.3 Å². The van der Waals surface area contributed by atoms with Gasteiger partial charge in [-0.05, 0) is 47.2 Å². The van der Waals surface area contributed by atoms with Gasteiger partial charge in [0.05, 0.1) is 31.3 Å². The standard InChI is InChI=1S/C29H31Br2N3O4/c1-29(2)13-22-27(23(35)14-29)26(20(15-32)28(33)34(22)9-10-36-3)19-11-24(37-4)25(12-21(19)31)38-16-17-5-7-18(30)8-6-17/h5-8,11-12,26H,9-10,13-14,16,33H2,1-4H3/t26-/m1/s1. The van der Waals surface area contributed by atoms with Crippen molar-refractivity contribution < 1.29 is 19.0 Å². The number of hydrogen-bond acceptors (Lipinski definition) is 7. The van der Waals surface area contributed by atoms with Gasteiger partial charge >= 0.3 is 0 Å². The molecule has 4 rings (SSSR count). The van der Waals surface area contributed by atoms with Gasteiger partial charge in [0, 0.05) is 40.3 Å². The number of nitrogens with zero attached hydrogens (tertiary/aromatic N) is 2. The molecule has 0 saturated heterocycles. The Labute approximate surface area is 240 Å². The Morgan fingerprint density at radius 1 is 1.13 bits per heavy atom. The molecule has 9 heteroatoms. The summed E-state index contributed by atoms with van der Waals surface area (Å²) in [6, 6.07) is 13.8. The molecular weight excluding hydrogens is 614 g/mol. The van der Waals surface area contributed by atoms with Crippen molar-refractivity contribution >= 4 is 37.6 Å². The lowest BCUT2D eigenvalue weighted by Gasteiger charge is -2.44. The molecule has 0 aromatic heterocycles. The van der Waals surface area contributed by atoms with Gasteiger partial charge in [-0.15, -0.1) is 0 Å². The lowest BCUT2D eigenvalue weighted by atomic mass is 9.68. The predicted octanol–water partition coefficient (Wildman–Crippen LogP) is 6.18. The van der Waals surface area contributed by atoms with Gasteiger partial charge in [-0.25, -0.2) is 0 Å². The molecule has 0 radical (unpaired) electrons. The Kier molecular flexibility index (Phi) is 8.55. The average Bonchev–Trinajstić information content (AvgIpc) is 2.87. The van der Waals surface area contributed by atoms with Gasteiger partial charge < -0.3 is 24.8 Å². The maximum Gasteiger partial charge on any atom is 0.162 e. The maximum absolute atomic E-state index is 13.7. The van der Waals surface area contributed by atoms with Gasteiger partial charge in [-0.3, -0.25) is 4.79 Å². The highest BCUT2D eigenvalue weighted by Crippen LogP contribution is 2.51. The van der Waals surface area contributed by atoms with E-state index in [4.69, 9.17) is 19.9 Å². The highest BCUT2D eigenvalue weighted by Gasteiger charge is 2.44. The zero-order valence-corrected chi connectivity index (χ0v) is 25.1. The monoisotopic (exact) mass is 643 g/mol. The second-order valence-corrected chi connectivity index (χ2v) is 12.0. The zero-order chi connectivity index (χ0) is 27.6. The van der Waals surface area contributed by atoms with Crippen molar-refractivity contribution in [2.24, 2.45) is 11.1 Å². The van der Waals surface area contributed by atoms with Gasteiger partial charge in [-0.1, -0.05) is 57.8 Å². The summed E-state index contributed by atoms with van der Waals surface area (Å²) in [5.74, 6) is 0.792. The summed E-state index contributed by atoms with van der Waals surface area (Å²) in [7, 11) is 3.19. The predicted molar refractivity (Wildman–Crippen MR) is 152 cm³/mol. The minimum Gasteiger partial charge on any atom is -0.493 e. The largest absolute Gasteiger partial charge is 0.493 e. The van der Waals surface area contributed by atoms with Gasteiger partial charge in [0.15, 0.2) is 17.3 Å². The van der Waals surface area contributed by atoms with Crippen molar-refractivity contribution in [3.8, 4) is 17.6 Å². The van der Waals surface area contributed by atoms with Crippen LogP contribution in [0, 0.1) is 16.7 Å². The lowest BCUT2D eigenvalue weighted by Crippen LogP contribution is -2.43. The van der Waals surface area contributed by atoms with E-state index in [1.165, 1.54) is 0 Å². The Morgan fingerprint density at radius 3 is 2.47 bits per heavy atom. The van der Waals surface area contributed by atoms with Crippen molar-refractivity contribution in [3.05, 3.63) is 79.1 Å². The first-order chi connectivity index (χ1) is 18.1. The van der Waals surface area contributed by atoms with Crippen molar-refractivity contribution in [3.63, 3.8) is 0 Å². The molecule has 0 unspecified atom stereocenters. The quantitative estimate of drug-likeness (QED) is 0.366. The highest BCUT2D eigenvalue weighted by atomic mass is 79.9. The molecule has 2 aromatic carbocycles. The fourth-order valence-corrected chi connectivity index (χ4v) is 5.93. The maximum atomic E-state index is 13.7. The third-order valence-corrected chi connectivity index (χ3v) is 8.12. The molecule has 1 heterocycles. The van der Waals surface area contributed by atoms with Crippen molar-refractivity contribution in [1.82, 2.24) is 4.90 Å². The van der Waals surface area contributed by atoms with Crippen molar-refractivity contribution in [1.29, 1.82) is 5.26 Å². The molecule has 1 atom stereocenters. The number of benzene rings is 2. The van der Waals surface area contributed by atoms with Crippen LogP contribution in [0.3, 0.4) is 0 Å². The molecule has 1 aliphatic heterocycles. The first-order valence-corrected chi connectivity index (χ1v) is 13.9. The van der Waals surface area contributed by atoms with Crippen LogP contribution in [0.5, 0.6) is 11.5 Å². The average molecular weight is 645 g/mol. The molecule has 0 fully saturated rings. The highest BCUT2D eigenvalue weighted by molar-refractivity contribution is 9.10. The van der Waals surface area contributed by atoms with E-state index in [9.17, 15) is 10.1 Å². The van der Waals surface area contributed by atoms with E-state index in [1.54, 1.807) is 14.2 Å². The number of Topliss-reactive ketones (excluding diaryl/α,β-unsaturated/α-hetero) is 1. The number of carbonyl (C=O) groups excluding carboxylic acids is 1. The molecule has 38 heavy (non-hydrogen) atoms. The molecule has 0 spiro atoms. The van der Waals surface area contributed by atoms with Crippen LogP contribution in [0.1, 0.15) is 43.7 Å². The molecular formula is C29H31Br2N3O4. The Hall–Kier alpha value is -2.80. The van der Waals surface area contributed by atoms with Gasteiger partial charge in [0.1, 0.15) is 12.4 Å². The second kappa shape index (κ2) is 11.5. The van der Waals surface area contributed by atoms with Crippen molar-refractivity contribution in [2.75, 3.05) is 27.4 Å². The third-order valence-electron chi connectivity index (χ3n) is 6.91. The number of nitrogens with two attached hydrogens (primary N) is 1. The number of allylic oxidation sites excluding steroid dienone is 3. The number of hydrogen-bond donors (Lipinski definition) is 1. The summed E-state index contributed by atoms with van der Waals surface area (Å²) in [5.41, 5.74) is 9.92. The third kappa shape index (κ3) is 5.63. The fraction of sp³-hybridized carbons (Fsp3) is 0.379. The van der Waals surface area contributed by atoms with Gasteiger partial charge in [-0.2, -0.15) is 5.26 Å². The van der Waals surface area contributed by atoms with Crippen LogP contribution >= 0.6 is 31.9 Å². The van der Waals surface area contributed by atoms with E-state index < -0.39 is 5.92 Å². The molecule has 0 bridgehead atoms. The van der Waals surface area contributed by atoms with Gasteiger partial charge in [0.2, 0.25) is 0 Å². The normalized spacial score (nSPS) is 18.8. The molecule has 0 saturated carbocycles. The number of ketones is 1. The summed E-state index contributed by atoms with van der Waals surface area (Å²) in [6.07, 6.45) is 1.05. The molecule has 0 amide bonds. The first-order valence-electron chi connectivity index (χ1n) is 12.3. The summed E-state index contributed by atoms with van der Waals surface area (Å²) in [4.78, 5) is 15.6. The number of nitriles is 1. The summed E-state index contributed by atoms with van der Waals surface area (Å²) in [6.45, 7) is 5.38. The minimum atomic E-state index is -0.624. The molecule has 7 nitrogen and oxygen atoms in total. The van der Waals surface area contributed by atoms with E-state index in [2.05, 4.69) is 51.8 Å². The fourth-order valence-electron chi connectivity index (χ4n) is 5.11. The van der Waals surface area contributed by atoms with E-state index in [0.717, 1.165) is 21.3 Å². The van der Waals surface area contributed by atoms with Crippen LogP contribution in [0.4, 0.5) is 0 Å².